The highest BCUT2D eigenvalue weighted by atomic mass is 35.5. The molecule has 0 saturated heterocycles. The number of halogens is 2. The minimum Gasteiger partial charge on any atom is -0.299 e. The fraction of sp³-hybridized carbons (Fsp3) is 0.263. The first-order chi connectivity index (χ1) is 12.5. The summed E-state index contributed by atoms with van der Waals surface area (Å²) in [5, 5.41) is 0.666. The lowest BCUT2D eigenvalue weighted by Crippen LogP contribution is -2.44. The zero-order valence-electron chi connectivity index (χ0n) is 14.3. The van der Waals surface area contributed by atoms with Crippen molar-refractivity contribution in [2.75, 3.05) is 13.6 Å². The van der Waals surface area contributed by atoms with E-state index in [-0.39, 0.29) is 29.0 Å². The van der Waals surface area contributed by atoms with Crippen LogP contribution in [-0.4, -0.2) is 30.3 Å². The number of likely N-dealkylation sites (N-methyl/N-ethyl adjacent to an activating group) is 1. The highest BCUT2D eigenvalue weighted by molar-refractivity contribution is 6.36. The number of carbonyl (C=O) groups is 2. The number of rotatable bonds is 3. The first-order valence-corrected chi connectivity index (χ1v) is 9.03. The zero-order valence-corrected chi connectivity index (χ0v) is 15.8. The van der Waals surface area contributed by atoms with Gasteiger partial charge >= 0.3 is 0 Å². The van der Waals surface area contributed by atoms with Crippen LogP contribution in [0.3, 0.4) is 0 Å². The van der Waals surface area contributed by atoms with E-state index in [0.29, 0.717) is 5.02 Å². The molecule has 0 saturated carbocycles. The summed E-state index contributed by atoms with van der Waals surface area (Å²) in [5.41, 5.74) is 7.53. The van der Waals surface area contributed by atoms with Gasteiger partial charge in [0.25, 0.3) is 5.91 Å². The maximum absolute atomic E-state index is 12.3. The van der Waals surface area contributed by atoms with Crippen molar-refractivity contribution in [1.82, 2.24) is 15.8 Å². The van der Waals surface area contributed by atoms with Gasteiger partial charge in [-0.2, -0.15) is 0 Å². The lowest BCUT2D eigenvalue weighted by Gasteiger charge is -2.34. The van der Waals surface area contributed by atoms with Crippen LogP contribution >= 0.6 is 23.2 Å². The average Bonchev–Trinajstić information content (AvgIpc) is 2.62. The van der Waals surface area contributed by atoms with Gasteiger partial charge in [0, 0.05) is 24.0 Å². The molecule has 2 amide bonds. The molecular formula is C19H19Cl2N3O2. The molecule has 0 aromatic heterocycles. The van der Waals surface area contributed by atoms with E-state index in [1.54, 1.807) is 6.07 Å². The van der Waals surface area contributed by atoms with Gasteiger partial charge in [-0.05, 0) is 42.8 Å². The number of hydrogen-bond acceptors (Lipinski definition) is 3. The van der Waals surface area contributed by atoms with Gasteiger partial charge in [0.1, 0.15) is 0 Å². The number of hydrogen-bond donors (Lipinski definition) is 2. The summed E-state index contributed by atoms with van der Waals surface area (Å²) in [6, 6.07) is 12.7. The highest BCUT2D eigenvalue weighted by Crippen LogP contribution is 2.30. The Morgan fingerprint density at radius 2 is 1.92 bits per heavy atom. The van der Waals surface area contributed by atoms with Gasteiger partial charge in [0.05, 0.1) is 10.6 Å². The molecule has 0 spiro atoms. The zero-order chi connectivity index (χ0) is 18.7. The lowest BCUT2D eigenvalue weighted by atomic mass is 9.91. The molecule has 0 aliphatic carbocycles. The van der Waals surface area contributed by atoms with Crippen LogP contribution in [-0.2, 0) is 11.2 Å². The molecule has 2 aromatic carbocycles. The average molecular weight is 392 g/mol. The van der Waals surface area contributed by atoms with E-state index in [0.717, 1.165) is 18.5 Å². The molecule has 0 bridgehead atoms. The summed E-state index contributed by atoms with van der Waals surface area (Å²) in [5.74, 6) is -0.755. The van der Waals surface area contributed by atoms with Crippen molar-refractivity contribution in [2.24, 2.45) is 0 Å². The third-order valence-electron chi connectivity index (χ3n) is 4.55. The van der Waals surface area contributed by atoms with Crippen LogP contribution in [0.5, 0.6) is 0 Å². The number of amides is 2. The summed E-state index contributed by atoms with van der Waals surface area (Å²) in [7, 11) is 2.00. The Balaban J connectivity index is 1.62. The molecule has 26 heavy (non-hydrogen) atoms. The van der Waals surface area contributed by atoms with Crippen molar-refractivity contribution in [1.29, 1.82) is 0 Å². The largest absolute Gasteiger partial charge is 0.299 e. The number of nitrogens with zero attached hydrogens (tertiary/aromatic N) is 1. The van der Waals surface area contributed by atoms with Gasteiger partial charge in [-0.1, -0.05) is 47.5 Å². The van der Waals surface area contributed by atoms with E-state index in [4.69, 9.17) is 23.2 Å². The normalized spacial score (nSPS) is 16.7. The number of carbonyl (C=O) groups excluding carboxylic acids is 2. The summed E-state index contributed by atoms with van der Waals surface area (Å²) in [6.45, 7) is 0.891. The molecule has 0 radical (unpaired) electrons. The van der Waals surface area contributed by atoms with E-state index in [2.05, 4.69) is 27.9 Å². The van der Waals surface area contributed by atoms with E-state index in [9.17, 15) is 9.59 Å². The second-order valence-electron chi connectivity index (χ2n) is 6.28. The molecule has 2 aromatic rings. The molecule has 1 unspecified atom stereocenters. The molecular weight excluding hydrogens is 373 g/mol. The Morgan fingerprint density at radius 1 is 1.15 bits per heavy atom. The van der Waals surface area contributed by atoms with Gasteiger partial charge < -0.3 is 0 Å². The monoisotopic (exact) mass is 391 g/mol. The van der Waals surface area contributed by atoms with E-state index in [1.807, 2.05) is 19.2 Å². The van der Waals surface area contributed by atoms with Crippen LogP contribution in [0, 0.1) is 0 Å². The van der Waals surface area contributed by atoms with Crippen LogP contribution in [0.1, 0.15) is 33.9 Å². The van der Waals surface area contributed by atoms with E-state index < -0.39 is 5.91 Å². The summed E-state index contributed by atoms with van der Waals surface area (Å²) < 4.78 is 0. The fourth-order valence-electron chi connectivity index (χ4n) is 3.14. The van der Waals surface area contributed by atoms with Crippen LogP contribution in [0.2, 0.25) is 10.0 Å². The Hall–Kier alpha value is -2.08. The van der Waals surface area contributed by atoms with Crippen LogP contribution < -0.4 is 10.9 Å². The van der Waals surface area contributed by atoms with E-state index in [1.165, 1.54) is 17.7 Å². The van der Waals surface area contributed by atoms with Crippen molar-refractivity contribution >= 4 is 35.0 Å². The van der Waals surface area contributed by atoms with Crippen molar-refractivity contribution in [3.05, 3.63) is 69.2 Å². The Kier molecular flexibility index (Phi) is 5.81. The van der Waals surface area contributed by atoms with Gasteiger partial charge in [0.2, 0.25) is 5.91 Å². The topological polar surface area (TPSA) is 61.4 Å². The molecule has 0 fully saturated rings. The Morgan fingerprint density at radius 3 is 2.69 bits per heavy atom. The fourth-order valence-corrected chi connectivity index (χ4v) is 3.63. The van der Waals surface area contributed by atoms with Crippen molar-refractivity contribution in [3.8, 4) is 0 Å². The first kappa shape index (κ1) is 18.7. The first-order valence-electron chi connectivity index (χ1n) is 8.28. The maximum atomic E-state index is 12.3. The summed E-state index contributed by atoms with van der Waals surface area (Å²) in [6.07, 6.45) is 1.22. The SMILES string of the molecule is CN1CCc2ccccc2C1CC(=O)NNC(=O)c1ccc(Cl)cc1Cl. The van der Waals surface area contributed by atoms with Crippen LogP contribution in [0.15, 0.2) is 42.5 Å². The summed E-state index contributed by atoms with van der Waals surface area (Å²) in [4.78, 5) is 26.7. The van der Waals surface area contributed by atoms with Gasteiger partial charge in [0.15, 0.2) is 0 Å². The standard InChI is InChI=1S/C19H19Cl2N3O2/c1-24-9-8-12-4-2-3-5-14(12)17(24)11-18(25)22-23-19(26)15-7-6-13(20)10-16(15)21/h2-7,10,17H,8-9,11H2,1H3,(H,22,25)(H,23,26). The Bertz CT molecular complexity index is 841. The van der Waals surface area contributed by atoms with Crippen LogP contribution in [0.25, 0.3) is 0 Å². The number of fused-ring (bicyclic) bond motifs is 1. The second kappa shape index (κ2) is 8.08. The Labute approximate surface area is 162 Å². The minimum atomic E-state index is -0.489. The number of hydrazine groups is 1. The maximum Gasteiger partial charge on any atom is 0.271 e. The minimum absolute atomic E-state index is 0.0176. The van der Waals surface area contributed by atoms with Crippen molar-refractivity contribution < 1.29 is 9.59 Å². The predicted molar refractivity (Wildman–Crippen MR) is 102 cm³/mol. The quantitative estimate of drug-likeness (QED) is 0.788. The van der Waals surface area contributed by atoms with Crippen molar-refractivity contribution in [2.45, 2.75) is 18.9 Å². The predicted octanol–water partition coefficient (Wildman–Crippen LogP) is 3.37. The molecule has 3 rings (SSSR count). The lowest BCUT2D eigenvalue weighted by molar-refractivity contribution is -0.123. The second-order valence-corrected chi connectivity index (χ2v) is 7.12. The van der Waals surface area contributed by atoms with Crippen LogP contribution in [0.4, 0.5) is 0 Å². The van der Waals surface area contributed by atoms with Gasteiger partial charge in [-0.15, -0.1) is 0 Å². The molecule has 2 N–H and O–H groups in total. The molecule has 1 atom stereocenters. The number of benzene rings is 2. The van der Waals surface area contributed by atoms with Gasteiger partial charge in [-0.3, -0.25) is 25.3 Å². The summed E-state index contributed by atoms with van der Waals surface area (Å²) >= 11 is 11.8. The molecule has 1 aliphatic heterocycles. The molecule has 1 aliphatic rings. The van der Waals surface area contributed by atoms with Gasteiger partial charge in [-0.25, -0.2) is 0 Å². The highest BCUT2D eigenvalue weighted by Gasteiger charge is 2.26. The number of nitrogens with one attached hydrogen (secondary N) is 2. The third kappa shape index (κ3) is 4.18. The van der Waals surface area contributed by atoms with E-state index >= 15 is 0 Å². The van der Waals surface area contributed by atoms with Crippen molar-refractivity contribution in [3.63, 3.8) is 0 Å². The third-order valence-corrected chi connectivity index (χ3v) is 5.10. The molecule has 7 heteroatoms. The molecule has 5 nitrogen and oxygen atoms in total. The molecule has 1 heterocycles. The smallest absolute Gasteiger partial charge is 0.271 e. The molecule has 136 valence electrons.